The zero-order chi connectivity index (χ0) is 18.5. The highest BCUT2D eigenvalue weighted by molar-refractivity contribution is 7.99. The van der Waals surface area contributed by atoms with Gasteiger partial charge in [0, 0.05) is 16.4 Å². The lowest BCUT2D eigenvalue weighted by Crippen LogP contribution is -2.14. The first-order valence-corrected chi connectivity index (χ1v) is 9.62. The molecule has 0 aliphatic rings. The lowest BCUT2D eigenvalue weighted by molar-refractivity contribution is -0.113. The van der Waals surface area contributed by atoms with E-state index in [1.165, 1.54) is 17.3 Å². The Morgan fingerprint density at radius 2 is 1.81 bits per heavy atom. The molecule has 26 heavy (non-hydrogen) atoms. The first-order chi connectivity index (χ1) is 12.6. The molecular formula is C19H19ClN4OS. The van der Waals surface area contributed by atoms with Crippen LogP contribution in [-0.2, 0) is 11.2 Å². The lowest BCUT2D eigenvalue weighted by atomic mass is 10.1. The molecule has 0 fully saturated rings. The molecule has 7 heteroatoms. The quantitative estimate of drug-likeness (QED) is 0.632. The molecule has 0 aliphatic carbocycles. The van der Waals surface area contributed by atoms with Crippen molar-refractivity contribution in [2.24, 2.45) is 0 Å². The van der Waals surface area contributed by atoms with Crippen molar-refractivity contribution in [1.82, 2.24) is 14.8 Å². The van der Waals surface area contributed by atoms with Crippen LogP contribution in [0.25, 0.3) is 5.69 Å². The number of thioether (sulfide) groups is 1. The van der Waals surface area contributed by atoms with Gasteiger partial charge in [0.2, 0.25) is 5.91 Å². The first-order valence-electron chi connectivity index (χ1n) is 8.26. The number of aryl methyl sites for hydroxylation is 2. The van der Waals surface area contributed by atoms with E-state index >= 15 is 0 Å². The molecule has 1 aromatic heterocycles. The third-order valence-electron chi connectivity index (χ3n) is 3.86. The van der Waals surface area contributed by atoms with E-state index in [4.69, 9.17) is 11.6 Å². The van der Waals surface area contributed by atoms with Crippen LogP contribution in [0.2, 0.25) is 5.02 Å². The molecule has 0 saturated carbocycles. The zero-order valence-electron chi connectivity index (χ0n) is 14.6. The second-order valence-electron chi connectivity index (χ2n) is 5.73. The topological polar surface area (TPSA) is 59.8 Å². The molecule has 0 radical (unpaired) electrons. The Kier molecular flexibility index (Phi) is 5.96. The number of nitrogens with one attached hydrogen (secondary N) is 1. The van der Waals surface area contributed by atoms with E-state index in [1.54, 1.807) is 0 Å². The van der Waals surface area contributed by atoms with Gasteiger partial charge in [0.1, 0.15) is 5.82 Å². The number of halogens is 1. The van der Waals surface area contributed by atoms with Crippen molar-refractivity contribution in [3.63, 3.8) is 0 Å². The minimum Gasteiger partial charge on any atom is -0.325 e. The number of hydrogen-bond acceptors (Lipinski definition) is 4. The molecule has 3 aromatic rings. The SMILES string of the molecule is CCc1ccc(NC(=O)CSc2nnc(C)n2-c2ccc(Cl)cc2)cc1. The van der Waals surface area contributed by atoms with Crippen molar-refractivity contribution >= 4 is 35.0 Å². The van der Waals surface area contributed by atoms with Crippen LogP contribution in [0.4, 0.5) is 5.69 Å². The highest BCUT2D eigenvalue weighted by Gasteiger charge is 2.13. The fraction of sp³-hybridized carbons (Fsp3) is 0.211. The normalized spacial score (nSPS) is 10.7. The van der Waals surface area contributed by atoms with Crippen LogP contribution < -0.4 is 5.32 Å². The summed E-state index contributed by atoms with van der Waals surface area (Å²) in [7, 11) is 0. The number of carbonyl (C=O) groups excluding carboxylic acids is 1. The fourth-order valence-electron chi connectivity index (χ4n) is 2.47. The summed E-state index contributed by atoms with van der Waals surface area (Å²) in [5.41, 5.74) is 2.95. The summed E-state index contributed by atoms with van der Waals surface area (Å²) < 4.78 is 1.91. The second kappa shape index (κ2) is 8.38. The van der Waals surface area contributed by atoms with E-state index in [0.717, 1.165) is 23.6 Å². The number of benzene rings is 2. The molecule has 1 amide bonds. The zero-order valence-corrected chi connectivity index (χ0v) is 16.1. The van der Waals surface area contributed by atoms with E-state index in [-0.39, 0.29) is 11.7 Å². The number of nitrogens with zero attached hydrogens (tertiary/aromatic N) is 3. The average Bonchev–Trinajstić information content (AvgIpc) is 3.02. The fourth-order valence-corrected chi connectivity index (χ4v) is 3.40. The molecule has 1 heterocycles. The summed E-state index contributed by atoms with van der Waals surface area (Å²) in [6.45, 7) is 3.98. The molecule has 3 rings (SSSR count). The van der Waals surface area contributed by atoms with Crippen molar-refractivity contribution in [2.75, 3.05) is 11.1 Å². The number of amides is 1. The third kappa shape index (κ3) is 4.45. The van der Waals surface area contributed by atoms with Crippen LogP contribution in [0.1, 0.15) is 18.3 Å². The highest BCUT2D eigenvalue weighted by Crippen LogP contribution is 2.23. The summed E-state index contributed by atoms with van der Waals surface area (Å²) in [6, 6.07) is 15.3. The lowest BCUT2D eigenvalue weighted by Gasteiger charge is -2.09. The maximum Gasteiger partial charge on any atom is 0.234 e. The van der Waals surface area contributed by atoms with Crippen LogP contribution in [0, 0.1) is 6.92 Å². The monoisotopic (exact) mass is 386 g/mol. The Bertz CT molecular complexity index is 891. The van der Waals surface area contributed by atoms with Crippen molar-refractivity contribution < 1.29 is 4.79 Å². The molecule has 134 valence electrons. The maximum absolute atomic E-state index is 12.2. The highest BCUT2D eigenvalue weighted by atomic mass is 35.5. The standard InChI is InChI=1S/C19H19ClN4OS/c1-3-14-4-8-16(9-5-14)21-18(25)12-26-19-23-22-13(2)24(19)17-10-6-15(20)7-11-17/h4-11H,3,12H2,1-2H3,(H,21,25). The van der Waals surface area contributed by atoms with Crippen LogP contribution in [0.3, 0.4) is 0 Å². The molecule has 0 unspecified atom stereocenters. The van der Waals surface area contributed by atoms with Gasteiger partial charge < -0.3 is 5.32 Å². The largest absolute Gasteiger partial charge is 0.325 e. The summed E-state index contributed by atoms with van der Waals surface area (Å²) in [5, 5.41) is 12.5. The number of aromatic nitrogens is 3. The van der Waals surface area contributed by atoms with Gasteiger partial charge in [-0.2, -0.15) is 0 Å². The molecule has 2 aromatic carbocycles. The van der Waals surface area contributed by atoms with E-state index in [0.29, 0.717) is 10.2 Å². The Morgan fingerprint density at radius 3 is 2.46 bits per heavy atom. The third-order valence-corrected chi connectivity index (χ3v) is 5.04. The molecule has 0 aliphatic heterocycles. The molecular weight excluding hydrogens is 368 g/mol. The van der Waals surface area contributed by atoms with Gasteiger partial charge in [-0.25, -0.2) is 0 Å². The van der Waals surface area contributed by atoms with E-state index < -0.39 is 0 Å². The Hall–Kier alpha value is -2.31. The van der Waals surface area contributed by atoms with Gasteiger partial charge in [-0.15, -0.1) is 10.2 Å². The van der Waals surface area contributed by atoms with Crippen molar-refractivity contribution in [3.8, 4) is 5.69 Å². The number of anilines is 1. The van der Waals surface area contributed by atoms with Crippen molar-refractivity contribution in [3.05, 3.63) is 64.9 Å². The van der Waals surface area contributed by atoms with Crippen molar-refractivity contribution in [2.45, 2.75) is 25.4 Å². The summed E-state index contributed by atoms with van der Waals surface area (Å²) in [5.74, 6) is 0.925. The molecule has 5 nitrogen and oxygen atoms in total. The Balaban J connectivity index is 1.66. The first kappa shape index (κ1) is 18.5. The van der Waals surface area contributed by atoms with E-state index in [1.807, 2.05) is 60.0 Å². The molecule has 0 bridgehead atoms. The van der Waals surface area contributed by atoms with Gasteiger partial charge in [0.25, 0.3) is 0 Å². The Labute approximate surface area is 161 Å². The minimum atomic E-state index is -0.0810. The number of hydrogen-bond donors (Lipinski definition) is 1. The second-order valence-corrected chi connectivity index (χ2v) is 7.11. The summed E-state index contributed by atoms with van der Waals surface area (Å²) in [4.78, 5) is 12.2. The Morgan fingerprint density at radius 1 is 1.12 bits per heavy atom. The van der Waals surface area contributed by atoms with Crippen LogP contribution >= 0.6 is 23.4 Å². The van der Waals surface area contributed by atoms with Gasteiger partial charge in [0.05, 0.1) is 5.75 Å². The maximum atomic E-state index is 12.2. The van der Waals surface area contributed by atoms with Gasteiger partial charge in [0.15, 0.2) is 5.16 Å². The summed E-state index contributed by atoms with van der Waals surface area (Å²) in [6.07, 6.45) is 0.976. The molecule has 1 N–H and O–H groups in total. The smallest absolute Gasteiger partial charge is 0.234 e. The van der Waals surface area contributed by atoms with Crippen molar-refractivity contribution in [1.29, 1.82) is 0 Å². The van der Waals surface area contributed by atoms with E-state index in [9.17, 15) is 4.79 Å². The van der Waals surface area contributed by atoms with Gasteiger partial charge in [-0.1, -0.05) is 42.4 Å². The van der Waals surface area contributed by atoms with Gasteiger partial charge in [-0.05, 0) is 55.3 Å². The van der Waals surface area contributed by atoms with E-state index in [2.05, 4.69) is 22.4 Å². The predicted molar refractivity (Wildman–Crippen MR) is 106 cm³/mol. The summed E-state index contributed by atoms with van der Waals surface area (Å²) >= 11 is 7.30. The van der Waals surface area contributed by atoms with Crippen LogP contribution in [0.5, 0.6) is 0 Å². The number of carbonyl (C=O) groups is 1. The predicted octanol–water partition coefficient (Wildman–Crippen LogP) is 4.52. The van der Waals surface area contributed by atoms with Crippen LogP contribution in [0.15, 0.2) is 53.7 Å². The van der Waals surface area contributed by atoms with Crippen LogP contribution in [-0.4, -0.2) is 26.4 Å². The van der Waals surface area contributed by atoms with Gasteiger partial charge in [-0.3, -0.25) is 9.36 Å². The molecule has 0 spiro atoms. The number of rotatable bonds is 6. The molecule has 0 saturated heterocycles. The minimum absolute atomic E-state index is 0.0810. The van der Waals surface area contributed by atoms with Gasteiger partial charge >= 0.3 is 0 Å². The molecule has 0 atom stereocenters. The average molecular weight is 387 g/mol.